The smallest absolute Gasteiger partial charge is 0.400 e. The van der Waals surface area contributed by atoms with Crippen LogP contribution < -0.4 is 22.1 Å². The first-order valence-corrected chi connectivity index (χ1v) is 11.4. The summed E-state index contributed by atoms with van der Waals surface area (Å²) in [6.45, 7) is 0.646. The molecule has 1 saturated heterocycles. The van der Waals surface area contributed by atoms with Gasteiger partial charge in [-0.15, -0.1) is 0 Å². The number of hydrogen-bond donors (Lipinski definition) is 5. The Morgan fingerprint density at radius 2 is 1.85 bits per heavy atom. The van der Waals surface area contributed by atoms with E-state index in [1.807, 2.05) is 0 Å². The van der Waals surface area contributed by atoms with Crippen molar-refractivity contribution in [1.29, 1.82) is 0 Å². The molecule has 1 aliphatic heterocycles. The Balaban J connectivity index is 0.000000366. The van der Waals surface area contributed by atoms with Crippen LogP contribution >= 0.6 is 7.75 Å². The van der Waals surface area contributed by atoms with Crippen LogP contribution in [0.3, 0.4) is 0 Å². The van der Waals surface area contributed by atoms with Crippen molar-refractivity contribution in [3.05, 3.63) is 33.1 Å². The maximum absolute atomic E-state index is 11.6. The van der Waals surface area contributed by atoms with Crippen molar-refractivity contribution < 1.29 is 42.9 Å². The van der Waals surface area contributed by atoms with E-state index in [2.05, 4.69) is 24.3 Å². The molecule has 0 aromatic carbocycles. The third-order valence-electron chi connectivity index (χ3n) is 4.26. The predicted octanol–water partition coefficient (Wildman–Crippen LogP) is -2.04. The molecule has 2 rings (SSSR count). The van der Waals surface area contributed by atoms with Crippen LogP contribution in [-0.4, -0.2) is 77.6 Å². The molecule has 1 unspecified atom stereocenters. The second kappa shape index (κ2) is 14.0. The summed E-state index contributed by atoms with van der Waals surface area (Å²) < 4.78 is 30.6. The van der Waals surface area contributed by atoms with Crippen LogP contribution in [0.15, 0.2) is 21.9 Å². The molecule has 4 atom stereocenters. The minimum Gasteiger partial charge on any atom is -0.469 e. The quantitative estimate of drug-likeness (QED) is 0.134. The zero-order valence-corrected chi connectivity index (χ0v) is 19.1. The lowest BCUT2D eigenvalue weighted by molar-refractivity contribution is -0.140. The maximum atomic E-state index is 11.6. The van der Waals surface area contributed by atoms with E-state index in [0.717, 1.165) is 10.6 Å². The highest BCUT2D eigenvalue weighted by atomic mass is 31.2. The number of carbonyl (C=O) groups is 2. The van der Waals surface area contributed by atoms with Crippen molar-refractivity contribution in [2.24, 2.45) is 5.50 Å². The second-order valence-electron chi connectivity index (χ2n) is 6.71. The molecule has 0 bridgehead atoms. The third-order valence-corrected chi connectivity index (χ3v) is 4.78. The zero-order valence-electron chi connectivity index (χ0n) is 18.2. The highest BCUT2D eigenvalue weighted by Gasteiger charge is 2.36. The number of aliphatic hydroxyl groups is 1. The number of methoxy groups -OCH3 is 2. The second-order valence-corrected chi connectivity index (χ2v) is 8.10. The number of esters is 2. The summed E-state index contributed by atoms with van der Waals surface area (Å²) in [5.74, 6) is -0.517. The molecule has 0 amide bonds. The average molecular weight is 496 g/mol. The van der Waals surface area contributed by atoms with Crippen LogP contribution in [0.2, 0.25) is 0 Å². The van der Waals surface area contributed by atoms with Crippen LogP contribution in [0.5, 0.6) is 0 Å². The molecule has 1 fully saturated rings. The predicted molar refractivity (Wildman–Crippen MR) is 112 cm³/mol. The largest absolute Gasteiger partial charge is 0.469 e. The van der Waals surface area contributed by atoms with E-state index in [9.17, 15) is 28.8 Å². The van der Waals surface area contributed by atoms with Gasteiger partial charge in [-0.1, -0.05) is 0 Å². The van der Waals surface area contributed by atoms with Gasteiger partial charge < -0.3 is 29.5 Å². The lowest BCUT2D eigenvalue weighted by atomic mass is 10.2. The zero-order chi connectivity index (χ0) is 25.0. The monoisotopic (exact) mass is 496 g/mol. The van der Waals surface area contributed by atoms with Gasteiger partial charge in [-0.2, -0.15) is 0 Å². The molecular weight excluding hydrogens is 467 g/mol. The number of hydrogen-bond acceptors (Lipinski definition) is 11. The Bertz CT molecular complexity index is 910. The van der Waals surface area contributed by atoms with Crippen LogP contribution in [0.4, 0.5) is 0 Å². The molecule has 16 heteroatoms. The Morgan fingerprint density at radius 3 is 2.33 bits per heavy atom. The van der Waals surface area contributed by atoms with E-state index in [1.165, 1.54) is 20.4 Å². The van der Waals surface area contributed by atoms with E-state index in [0.29, 0.717) is 25.9 Å². The lowest BCUT2D eigenvalue weighted by Gasteiger charge is -2.16. The molecule has 1 aromatic heterocycles. The van der Waals surface area contributed by atoms with Crippen molar-refractivity contribution in [2.45, 2.75) is 37.7 Å². The molecule has 6 N–H and O–H groups in total. The average Bonchev–Trinajstić information content (AvgIpc) is 3.11. The SMILES string of the molecule is COC(=O)CCNCCC(=O)OC.NP(=O)(O)OC[C@H]1O[C@@H](n2ccc(=O)[nH]c2=O)C[C@@H]1O. The molecule has 1 aromatic rings. The van der Waals surface area contributed by atoms with Crippen LogP contribution in [0.1, 0.15) is 25.5 Å². The van der Waals surface area contributed by atoms with Crippen molar-refractivity contribution in [3.8, 4) is 0 Å². The maximum Gasteiger partial charge on any atom is 0.400 e. The number of aromatic amines is 1. The normalized spacial score (nSPS) is 21.4. The summed E-state index contributed by atoms with van der Waals surface area (Å²) >= 11 is 0. The molecule has 0 radical (unpaired) electrons. The summed E-state index contributed by atoms with van der Waals surface area (Å²) in [5.41, 5.74) is 3.58. The van der Waals surface area contributed by atoms with Gasteiger partial charge in [-0.3, -0.25) is 28.5 Å². The number of rotatable bonds is 10. The summed E-state index contributed by atoms with van der Waals surface area (Å²) in [7, 11) is -1.47. The first kappa shape index (κ1) is 28.6. The van der Waals surface area contributed by atoms with E-state index in [1.54, 1.807) is 0 Å². The molecule has 15 nitrogen and oxygen atoms in total. The molecule has 1 aliphatic rings. The van der Waals surface area contributed by atoms with Crippen molar-refractivity contribution in [1.82, 2.24) is 14.9 Å². The minimum atomic E-state index is -4.16. The number of H-pyrrole nitrogens is 1. The Morgan fingerprint density at radius 1 is 1.27 bits per heavy atom. The lowest BCUT2D eigenvalue weighted by Crippen LogP contribution is -2.31. The molecule has 188 valence electrons. The van der Waals surface area contributed by atoms with Crippen molar-refractivity contribution >= 4 is 19.7 Å². The summed E-state index contributed by atoms with van der Waals surface area (Å²) in [6, 6.07) is 1.14. The Hall–Kier alpha value is -2.39. The van der Waals surface area contributed by atoms with Gasteiger partial charge in [0.15, 0.2) is 0 Å². The van der Waals surface area contributed by atoms with Gasteiger partial charge in [0.05, 0.1) is 39.8 Å². The van der Waals surface area contributed by atoms with Crippen molar-refractivity contribution in [2.75, 3.05) is 33.9 Å². The minimum absolute atomic E-state index is 0.0697. The summed E-state index contributed by atoms with van der Waals surface area (Å²) in [5, 5.41) is 12.7. The van der Waals surface area contributed by atoms with Gasteiger partial charge in [0.2, 0.25) is 0 Å². The molecule has 0 saturated carbocycles. The number of carbonyl (C=O) groups excluding carboxylic acids is 2. The molecule has 2 heterocycles. The van der Waals surface area contributed by atoms with Crippen LogP contribution in [-0.2, 0) is 32.9 Å². The van der Waals surface area contributed by atoms with E-state index < -0.39 is 37.4 Å². The number of ether oxygens (including phenoxy) is 3. The molecule has 0 aliphatic carbocycles. The molecule has 33 heavy (non-hydrogen) atoms. The molecular formula is C17H29N4O11P. The first-order chi connectivity index (χ1) is 15.5. The molecule has 0 spiro atoms. The first-order valence-electron chi connectivity index (χ1n) is 9.72. The summed E-state index contributed by atoms with van der Waals surface area (Å²) in [6.07, 6.45) is -0.760. The van der Waals surface area contributed by atoms with Gasteiger partial charge in [0, 0.05) is 31.8 Å². The number of nitrogens with zero attached hydrogens (tertiary/aromatic N) is 1. The van der Waals surface area contributed by atoms with Crippen LogP contribution in [0.25, 0.3) is 0 Å². The fraction of sp³-hybridized carbons (Fsp3) is 0.647. The standard InChI is InChI=1S/C9H14N3O7P.C8H15NO4/c10-20(16,17)18-4-6-5(13)3-8(19-6)12-2-1-7(14)11-9(12)15;1-12-7(10)3-5-9-6-4-8(11)13-2/h1-2,5-6,8,13H,3-4H2,(H3,10,16,17)(H,11,14,15);9H,3-6H2,1-2H3/t5-,6+,8+;/m0./s1. The topological polar surface area (TPSA) is 221 Å². The fourth-order valence-corrected chi connectivity index (χ4v) is 2.94. The number of aromatic nitrogens is 2. The Kier molecular flexibility index (Phi) is 12.2. The van der Waals surface area contributed by atoms with E-state index in [-0.39, 0.29) is 25.0 Å². The van der Waals surface area contributed by atoms with E-state index >= 15 is 0 Å². The Labute approximate surface area is 188 Å². The summed E-state index contributed by atoms with van der Waals surface area (Å²) in [4.78, 5) is 54.6. The van der Waals surface area contributed by atoms with Crippen molar-refractivity contribution in [3.63, 3.8) is 0 Å². The van der Waals surface area contributed by atoms with Gasteiger partial charge in [0.25, 0.3) is 5.56 Å². The van der Waals surface area contributed by atoms with Gasteiger partial charge in [0.1, 0.15) is 12.3 Å². The van der Waals surface area contributed by atoms with E-state index in [4.69, 9.17) is 15.1 Å². The number of nitrogens with one attached hydrogen (secondary N) is 2. The van der Waals surface area contributed by atoms with Gasteiger partial charge in [-0.05, 0) is 0 Å². The third kappa shape index (κ3) is 11.3. The fourth-order valence-electron chi connectivity index (χ4n) is 2.58. The highest BCUT2D eigenvalue weighted by Crippen LogP contribution is 2.34. The van der Waals surface area contributed by atoms with Gasteiger partial charge in [-0.25, -0.2) is 14.9 Å². The van der Waals surface area contributed by atoms with Crippen LogP contribution in [0, 0.1) is 0 Å². The highest BCUT2D eigenvalue weighted by molar-refractivity contribution is 7.50. The van der Waals surface area contributed by atoms with Gasteiger partial charge >= 0.3 is 25.4 Å². The number of aliphatic hydroxyl groups excluding tert-OH is 1. The number of nitrogens with two attached hydrogens (primary N) is 1.